The first-order valence-corrected chi connectivity index (χ1v) is 7.66. The smallest absolute Gasteiger partial charge is 0.227 e. The van der Waals surface area contributed by atoms with Crippen molar-refractivity contribution in [2.75, 3.05) is 5.32 Å². The van der Waals surface area contributed by atoms with Crippen molar-refractivity contribution in [2.24, 2.45) is 23.5 Å². The first-order valence-electron chi connectivity index (χ1n) is 7.26. The van der Waals surface area contributed by atoms with Gasteiger partial charge in [-0.25, -0.2) is 0 Å². The van der Waals surface area contributed by atoms with Crippen LogP contribution in [0, 0.1) is 24.7 Å². The van der Waals surface area contributed by atoms with Crippen LogP contribution >= 0.6 is 12.2 Å². The van der Waals surface area contributed by atoms with E-state index in [0.717, 1.165) is 29.2 Å². The molecule has 3 N–H and O–H groups in total. The van der Waals surface area contributed by atoms with E-state index in [2.05, 4.69) is 5.32 Å². The predicted molar refractivity (Wildman–Crippen MR) is 84.6 cm³/mol. The molecular formula is C16H20N2OS. The number of carbonyl (C=O) groups is 1. The fourth-order valence-electron chi connectivity index (χ4n) is 3.70. The van der Waals surface area contributed by atoms with Gasteiger partial charge in [-0.3, -0.25) is 4.79 Å². The summed E-state index contributed by atoms with van der Waals surface area (Å²) in [7, 11) is 0. The fourth-order valence-corrected chi connectivity index (χ4v) is 3.83. The molecule has 2 aliphatic rings. The van der Waals surface area contributed by atoms with E-state index in [4.69, 9.17) is 18.0 Å². The molecule has 1 amide bonds. The van der Waals surface area contributed by atoms with Crippen LogP contribution in [0.4, 0.5) is 5.69 Å². The van der Waals surface area contributed by atoms with Crippen molar-refractivity contribution in [3.05, 3.63) is 29.3 Å². The van der Waals surface area contributed by atoms with Crippen LogP contribution in [0.25, 0.3) is 0 Å². The normalized spacial score (nSPS) is 27.6. The van der Waals surface area contributed by atoms with Crippen molar-refractivity contribution in [2.45, 2.75) is 32.6 Å². The monoisotopic (exact) mass is 288 g/mol. The highest BCUT2D eigenvalue weighted by molar-refractivity contribution is 7.80. The summed E-state index contributed by atoms with van der Waals surface area (Å²) < 4.78 is 0. The SMILES string of the molecule is Cc1ccc(C(N)=S)cc1NC(=O)C1CC2CCC1C2. The van der Waals surface area contributed by atoms with Gasteiger partial charge in [0.2, 0.25) is 5.91 Å². The molecule has 1 aromatic rings. The van der Waals surface area contributed by atoms with Gasteiger partial charge in [-0.2, -0.15) is 0 Å². The van der Waals surface area contributed by atoms with Gasteiger partial charge in [-0.15, -0.1) is 0 Å². The lowest BCUT2D eigenvalue weighted by atomic mass is 9.88. The van der Waals surface area contributed by atoms with Gasteiger partial charge >= 0.3 is 0 Å². The first kappa shape index (κ1) is 13.6. The van der Waals surface area contributed by atoms with Crippen molar-refractivity contribution in [3.8, 4) is 0 Å². The van der Waals surface area contributed by atoms with Gasteiger partial charge < -0.3 is 11.1 Å². The third kappa shape index (κ3) is 2.44. The van der Waals surface area contributed by atoms with Gasteiger partial charge in [0.15, 0.2) is 0 Å². The Bertz CT molecular complexity index is 570. The third-order valence-corrected chi connectivity index (χ3v) is 5.09. The molecule has 3 nitrogen and oxygen atoms in total. The van der Waals surface area contributed by atoms with Crippen LogP contribution in [-0.2, 0) is 4.79 Å². The van der Waals surface area contributed by atoms with E-state index in [-0.39, 0.29) is 11.8 Å². The Hall–Kier alpha value is -1.42. The van der Waals surface area contributed by atoms with E-state index in [1.54, 1.807) is 0 Å². The molecule has 0 radical (unpaired) electrons. The highest BCUT2D eigenvalue weighted by Gasteiger charge is 2.43. The van der Waals surface area contributed by atoms with E-state index in [0.29, 0.717) is 10.9 Å². The Morgan fingerprint density at radius 2 is 2.15 bits per heavy atom. The minimum Gasteiger partial charge on any atom is -0.389 e. The number of amides is 1. The molecule has 0 spiro atoms. The number of carbonyl (C=O) groups excluding carboxylic acids is 1. The van der Waals surface area contributed by atoms with E-state index < -0.39 is 0 Å². The largest absolute Gasteiger partial charge is 0.389 e. The molecule has 1 aromatic carbocycles. The van der Waals surface area contributed by atoms with E-state index in [1.807, 2.05) is 25.1 Å². The van der Waals surface area contributed by atoms with Gasteiger partial charge in [0.05, 0.1) is 0 Å². The molecule has 2 fully saturated rings. The molecule has 3 atom stereocenters. The number of anilines is 1. The average molecular weight is 288 g/mol. The van der Waals surface area contributed by atoms with Crippen molar-refractivity contribution in [1.82, 2.24) is 0 Å². The number of aryl methyl sites for hydroxylation is 1. The highest BCUT2D eigenvalue weighted by atomic mass is 32.1. The maximum Gasteiger partial charge on any atom is 0.227 e. The number of rotatable bonds is 3. The first-order chi connectivity index (χ1) is 9.54. The maximum absolute atomic E-state index is 12.5. The summed E-state index contributed by atoms with van der Waals surface area (Å²) in [6.45, 7) is 1.99. The number of benzene rings is 1. The molecule has 2 saturated carbocycles. The minimum atomic E-state index is 0.167. The number of thiocarbonyl (C=S) groups is 1. The Morgan fingerprint density at radius 3 is 2.75 bits per heavy atom. The quantitative estimate of drug-likeness (QED) is 0.841. The van der Waals surface area contributed by atoms with Gasteiger partial charge in [0.1, 0.15) is 4.99 Å². The second-order valence-corrected chi connectivity index (χ2v) is 6.60. The summed E-state index contributed by atoms with van der Waals surface area (Å²) >= 11 is 4.99. The van der Waals surface area contributed by atoms with Crippen molar-refractivity contribution in [1.29, 1.82) is 0 Å². The molecule has 3 unspecified atom stereocenters. The molecule has 4 heteroatoms. The lowest BCUT2D eigenvalue weighted by molar-refractivity contribution is -0.121. The summed E-state index contributed by atoms with van der Waals surface area (Å²) in [6, 6.07) is 5.72. The Kier molecular flexibility index (Phi) is 3.50. The number of hydrogen-bond acceptors (Lipinski definition) is 2. The summed E-state index contributed by atoms with van der Waals surface area (Å²) in [4.78, 5) is 12.8. The molecule has 0 saturated heterocycles. The van der Waals surface area contributed by atoms with Gasteiger partial charge in [0, 0.05) is 17.2 Å². The Morgan fingerprint density at radius 1 is 1.35 bits per heavy atom. The number of nitrogens with one attached hydrogen (secondary N) is 1. The van der Waals surface area contributed by atoms with Crippen LogP contribution in [0.1, 0.15) is 36.8 Å². The minimum absolute atomic E-state index is 0.167. The maximum atomic E-state index is 12.5. The van der Waals surface area contributed by atoms with E-state index >= 15 is 0 Å². The predicted octanol–water partition coefficient (Wildman–Crippen LogP) is 3.00. The third-order valence-electron chi connectivity index (χ3n) is 4.85. The molecular weight excluding hydrogens is 268 g/mol. The molecule has 0 aliphatic heterocycles. The molecule has 3 rings (SSSR count). The van der Waals surface area contributed by atoms with Crippen molar-refractivity contribution >= 4 is 28.8 Å². The average Bonchev–Trinajstić information content (AvgIpc) is 3.03. The second-order valence-electron chi connectivity index (χ2n) is 6.16. The Balaban J connectivity index is 1.75. The van der Waals surface area contributed by atoms with Crippen LogP contribution in [0.15, 0.2) is 18.2 Å². The van der Waals surface area contributed by atoms with Crippen LogP contribution in [-0.4, -0.2) is 10.9 Å². The molecule has 2 aliphatic carbocycles. The standard InChI is InChI=1S/C16H20N2OS/c1-9-2-4-12(15(17)20)8-14(9)18-16(19)13-7-10-3-5-11(13)6-10/h2,4,8,10-11,13H,3,5-7H2,1H3,(H2,17,20)(H,18,19). The van der Waals surface area contributed by atoms with Crippen LogP contribution in [0.2, 0.25) is 0 Å². The molecule has 20 heavy (non-hydrogen) atoms. The van der Waals surface area contributed by atoms with Crippen molar-refractivity contribution < 1.29 is 4.79 Å². The zero-order valence-electron chi connectivity index (χ0n) is 11.7. The van der Waals surface area contributed by atoms with Gasteiger partial charge in [-0.1, -0.05) is 30.8 Å². The lowest BCUT2D eigenvalue weighted by Crippen LogP contribution is -2.27. The molecule has 0 heterocycles. The topological polar surface area (TPSA) is 55.1 Å². The van der Waals surface area contributed by atoms with Gasteiger partial charge in [-0.05, 0) is 49.7 Å². The summed E-state index contributed by atoms with van der Waals surface area (Å²) in [5, 5.41) is 3.08. The van der Waals surface area contributed by atoms with E-state index in [1.165, 1.54) is 19.3 Å². The number of nitrogens with two attached hydrogens (primary N) is 1. The lowest BCUT2D eigenvalue weighted by Gasteiger charge is -2.21. The van der Waals surface area contributed by atoms with Crippen LogP contribution in [0.5, 0.6) is 0 Å². The zero-order valence-corrected chi connectivity index (χ0v) is 12.5. The summed E-state index contributed by atoms with van der Waals surface area (Å²) in [6.07, 6.45) is 4.83. The number of hydrogen-bond donors (Lipinski definition) is 2. The second kappa shape index (κ2) is 5.17. The van der Waals surface area contributed by atoms with Crippen molar-refractivity contribution in [3.63, 3.8) is 0 Å². The molecule has 2 bridgehead atoms. The molecule has 0 aromatic heterocycles. The fraction of sp³-hybridized carbons (Fsp3) is 0.500. The summed E-state index contributed by atoms with van der Waals surface area (Å²) in [5.41, 5.74) is 8.33. The highest BCUT2D eigenvalue weighted by Crippen LogP contribution is 2.48. The molecule has 106 valence electrons. The zero-order chi connectivity index (χ0) is 14.3. The summed E-state index contributed by atoms with van der Waals surface area (Å²) in [5.74, 6) is 1.74. The van der Waals surface area contributed by atoms with Gasteiger partial charge in [0.25, 0.3) is 0 Å². The number of fused-ring (bicyclic) bond motifs is 2. The van der Waals surface area contributed by atoms with Crippen LogP contribution < -0.4 is 11.1 Å². The Labute approximate surface area is 124 Å². The van der Waals surface area contributed by atoms with E-state index in [9.17, 15) is 4.79 Å². The van der Waals surface area contributed by atoms with Crippen LogP contribution in [0.3, 0.4) is 0 Å².